The Morgan fingerprint density at radius 1 is 0.850 bits per heavy atom. The average molecular weight is 292 g/mol. The predicted molar refractivity (Wildman–Crippen MR) is 57.8 cm³/mol. The summed E-state index contributed by atoms with van der Waals surface area (Å²) >= 11 is 0. The summed E-state index contributed by atoms with van der Waals surface area (Å²) in [5.41, 5.74) is -2.02. The number of alkyl halides is 3. The highest BCUT2D eigenvalue weighted by Gasteiger charge is 2.38. The van der Waals surface area contributed by atoms with Crippen LogP contribution in [-0.2, 0) is 6.18 Å². The lowest BCUT2D eigenvalue weighted by atomic mass is 10.1. The first kappa shape index (κ1) is 14.2. The molecule has 0 bridgehead atoms. The fourth-order valence-corrected chi connectivity index (χ4v) is 1.48. The van der Waals surface area contributed by atoms with Crippen LogP contribution >= 0.6 is 0 Å². The van der Waals surface area contributed by atoms with E-state index in [0.717, 1.165) is 0 Å². The fraction of sp³-hybridized carbons (Fsp3) is 0.0769. The van der Waals surface area contributed by atoms with Crippen molar-refractivity contribution < 1.29 is 31.1 Å². The minimum atomic E-state index is -5.20. The predicted octanol–water partition coefficient (Wildman–Crippen LogP) is 4.92. The maximum atomic E-state index is 13.5. The number of hydrogen-bond acceptors (Lipinski definition) is 1. The molecule has 0 aromatic heterocycles. The van der Waals surface area contributed by atoms with Crippen LogP contribution in [0.1, 0.15) is 5.56 Å². The van der Waals surface area contributed by atoms with Gasteiger partial charge in [0.15, 0.2) is 11.6 Å². The summed E-state index contributed by atoms with van der Waals surface area (Å²) in [5.74, 6) is -7.13. The van der Waals surface area contributed by atoms with E-state index in [9.17, 15) is 26.3 Å². The van der Waals surface area contributed by atoms with Gasteiger partial charge in [0.1, 0.15) is 5.75 Å². The standard InChI is InChI=1S/C13H6F6O/c14-9-6-8(13(17,18)19)10(15)11(16)12(9)20-7-4-2-1-3-5-7/h1-6H. The molecule has 0 heterocycles. The summed E-state index contributed by atoms with van der Waals surface area (Å²) in [5, 5.41) is 0. The highest BCUT2D eigenvalue weighted by molar-refractivity contribution is 5.37. The van der Waals surface area contributed by atoms with Gasteiger partial charge < -0.3 is 4.74 Å². The lowest BCUT2D eigenvalue weighted by Crippen LogP contribution is -2.11. The Balaban J connectivity index is 2.49. The maximum absolute atomic E-state index is 13.5. The Hall–Kier alpha value is -2.18. The second-order valence-corrected chi connectivity index (χ2v) is 3.78. The topological polar surface area (TPSA) is 9.23 Å². The zero-order chi connectivity index (χ0) is 14.9. The second-order valence-electron chi connectivity index (χ2n) is 3.78. The van der Waals surface area contributed by atoms with E-state index in [2.05, 4.69) is 0 Å². The molecule has 1 nitrogen and oxygen atoms in total. The number of halogens is 6. The highest BCUT2D eigenvalue weighted by atomic mass is 19.4. The molecule has 0 radical (unpaired) electrons. The Bertz CT molecular complexity index is 621. The molecule has 0 saturated carbocycles. The lowest BCUT2D eigenvalue weighted by Gasteiger charge is -2.13. The molecule has 0 spiro atoms. The number of rotatable bonds is 2. The monoisotopic (exact) mass is 292 g/mol. The van der Waals surface area contributed by atoms with E-state index in [1.54, 1.807) is 6.07 Å². The van der Waals surface area contributed by atoms with Crippen molar-refractivity contribution in [2.75, 3.05) is 0 Å². The number of para-hydroxylation sites is 1. The van der Waals surface area contributed by atoms with Crippen molar-refractivity contribution in [3.05, 3.63) is 59.4 Å². The summed E-state index contributed by atoms with van der Waals surface area (Å²) < 4.78 is 82.1. The molecule has 7 heteroatoms. The van der Waals surface area contributed by atoms with Gasteiger partial charge in [-0.15, -0.1) is 0 Å². The van der Waals surface area contributed by atoms with E-state index in [-0.39, 0.29) is 11.8 Å². The molecule has 0 fully saturated rings. The van der Waals surface area contributed by atoms with E-state index in [1.165, 1.54) is 24.3 Å². The van der Waals surface area contributed by atoms with Gasteiger partial charge in [-0.05, 0) is 18.2 Å². The third-order valence-corrected chi connectivity index (χ3v) is 2.39. The van der Waals surface area contributed by atoms with Crippen molar-refractivity contribution in [2.45, 2.75) is 6.18 Å². The van der Waals surface area contributed by atoms with Gasteiger partial charge in [-0.25, -0.2) is 8.78 Å². The van der Waals surface area contributed by atoms with Crippen molar-refractivity contribution in [3.8, 4) is 11.5 Å². The Morgan fingerprint density at radius 2 is 1.45 bits per heavy atom. The van der Waals surface area contributed by atoms with Gasteiger partial charge in [-0.3, -0.25) is 0 Å². The normalized spacial score (nSPS) is 11.5. The Morgan fingerprint density at radius 3 is 2.00 bits per heavy atom. The molecule has 0 unspecified atom stereocenters. The van der Waals surface area contributed by atoms with Crippen LogP contribution in [0.15, 0.2) is 36.4 Å². The first-order chi connectivity index (χ1) is 9.30. The lowest BCUT2D eigenvalue weighted by molar-refractivity contribution is -0.140. The quantitative estimate of drug-likeness (QED) is 0.564. The van der Waals surface area contributed by atoms with E-state index in [4.69, 9.17) is 4.74 Å². The zero-order valence-corrected chi connectivity index (χ0v) is 9.64. The third kappa shape index (κ3) is 2.71. The first-order valence-corrected chi connectivity index (χ1v) is 5.28. The van der Waals surface area contributed by atoms with Gasteiger partial charge in [0.25, 0.3) is 0 Å². The summed E-state index contributed by atoms with van der Waals surface area (Å²) in [6.07, 6.45) is -5.20. The van der Waals surface area contributed by atoms with Crippen molar-refractivity contribution in [3.63, 3.8) is 0 Å². The van der Waals surface area contributed by atoms with Crippen LogP contribution in [0.3, 0.4) is 0 Å². The number of ether oxygens (including phenoxy) is 1. The third-order valence-electron chi connectivity index (χ3n) is 2.39. The summed E-state index contributed by atoms with van der Waals surface area (Å²) in [4.78, 5) is 0. The van der Waals surface area contributed by atoms with Crippen molar-refractivity contribution in [1.29, 1.82) is 0 Å². The molecular weight excluding hydrogens is 286 g/mol. The molecule has 2 rings (SSSR count). The molecule has 0 atom stereocenters. The molecule has 0 saturated heterocycles. The van der Waals surface area contributed by atoms with Crippen molar-refractivity contribution >= 4 is 0 Å². The average Bonchev–Trinajstić information content (AvgIpc) is 2.39. The van der Waals surface area contributed by atoms with Crippen LogP contribution in [0, 0.1) is 17.5 Å². The largest absolute Gasteiger partial charge is 0.451 e. The molecule has 0 aliphatic carbocycles. The molecule has 0 amide bonds. The van der Waals surface area contributed by atoms with Gasteiger partial charge in [-0.2, -0.15) is 17.6 Å². The highest BCUT2D eigenvalue weighted by Crippen LogP contribution is 2.37. The molecule has 20 heavy (non-hydrogen) atoms. The fourth-order valence-electron chi connectivity index (χ4n) is 1.48. The molecule has 0 aliphatic heterocycles. The smallest absolute Gasteiger partial charge is 0.419 e. The van der Waals surface area contributed by atoms with E-state index < -0.39 is 34.9 Å². The van der Waals surface area contributed by atoms with Crippen LogP contribution in [0.2, 0.25) is 0 Å². The molecule has 0 N–H and O–H groups in total. The van der Waals surface area contributed by atoms with Crippen LogP contribution in [-0.4, -0.2) is 0 Å². The molecule has 106 valence electrons. The second kappa shape index (κ2) is 5.07. The van der Waals surface area contributed by atoms with Crippen LogP contribution in [0.5, 0.6) is 11.5 Å². The molecule has 0 aliphatic rings. The van der Waals surface area contributed by atoms with Crippen LogP contribution in [0.4, 0.5) is 26.3 Å². The van der Waals surface area contributed by atoms with Gasteiger partial charge in [0, 0.05) is 0 Å². The Labute approximate surface area is 109 Å². The number of benzene rings is 2. The molecular formula is C13H6F6O. The van der Waals surface area contributed by atoms with Gasteiger partial charge >= 0.3 is 6.18 Å². The van der Waals surface area contributed by atoms with Gasteiger partial charge in [0.2, 0.25) is 11.6 Å². The van der Waals surface area contributed by atoms with Crippen LogP contribution < -0.4 is 4.74 Å². The molecule has 2 aromatic rings. The first-order valence-electron chi connectivity index (χ1n) is 5.28. The van der Waals surface area contributed by atoms with Gasteiger partial charge in [-0.1, -0.05) is 18.2 Å². The summed E-state index contributed by atoms with van der Waals surface area (Å²) in [7, 11) is 0. The van der Waals surface area contributed by atoms with Crippen molar-refractivity contribution in [1.82, 2.24) is 0 Å². The van der Waals surface area contributed by atoms with Crippen LogP contribution in [0.25, 0.3) is 0 Å². The zero-order valence-electron chi connectivity index (χ0n) is 9.64. The minimum Gasteiger partial charge on any atom is -0.451 e. The van der Waals surface area contributed by atoms with E-state index in [1.807, 2.05) is 0 Å². The number of hydrogen-bond donors (Lipinski definition) is 0. The van der Waals surface area contributed by atoms with Gasteiger partial charge in [0.05, 0.1) is 5.56 Å². The SMILES string of the molecule is Fc1cc(C(F)(F)F)c(F)c(F)c1Oc1ccccc1. The summed E-state index contributed by atoms with van der Waals surface area (Å²) in [6.45, 7) is 0. The molecule has 2 aromatic carbocycles. The van der Waals surface area contributed by atoms with E-state index in [0.29, 0.717) is 0 Å². The summed E-state index contributed by atoms with van der Waals surface area (Å²) in [6, 6.07) is 7.03. The van der Waals surface area contributed by atoms with Crippen molar-refractivity contribution in [2.24, 2.45) is 0 Å². The van der Waals surface area contributed by atoms with E-state index >= 15 is 0 Å². The maximum Gasteiger partial charge on any atom is 0.419 e. The Kier molecular flexibility index (Phi) is 3.61. The minimum absolute atomic E-state index is 0.0375.